The lowest BCUT2D eigenvalue weighted by Gasteiger charge is -2.08. The molecule has 2 aromatic rings. The fraction of sp³-hybridized carbons (Fsp3) is 0.214. The van der Waals surface area contributed by atoms with Crippen molar-refractivity contribution in [2.45, 2.75) is 24.1 Å². The van der Waals surface area contributed by atoms with Gasteiger partial charge in [0.05, 0.1) is 25.0 Å². The molecule has 1 aromatic heterocycles. The van der Waals surface area contributed by atoms with Gasteiger partial charge in [0.15, 0.2) is 5.16 Å². The van der Waals surface area contributed by atoms with E-state index < -0.39 is 11.6 Å². The molecule has 6 heteroatoms. The molecular weight excluding hydrogens is 282 g/mol. The minimum absolute atomic E-state index is 0.00157. The first-order valence-corrected chi connectivity index (χ1v) is 6.80. The molecule has 20 heavy (non-hydrogen) atoms. The number of benzene rings is 1. The van der Waals surface area contributed by atoms with Gasteiger partial charge in [-0.1, -0.05) is 23.7 Å². The molecule has 0 saturated carbocycles. The molecule has 104 valence electrons. The Morgan fingerprint density at radius 3 is 2.65 bits per heavy atom. The molecule has 1 heterocycles. The number of nitrogens with zero attached hydrogens (tertiary/aromatic N) is 2. The third-order valence-electron chi connectivity index (χ3n) is 2.72. The summed E-state index contributed by atoms with van der Waals surface area (Å²) in [6.45, 7) is 0.0568. The number of terminal acetylenes is 1. The largest absolute Gasteiger partial charge is 0.390 e. The molecule has 0 fully saturated rings. The van der Waals surface area contributed by atoms with Crippen LogP contribution in [0.1, 0.15) is 11.3 Å². The second-order valence-electron chi connectivity index (χ2n) is 3.97. The summed E-state index contributed by atoms with van der Waals surface area (Å²) >= 11 is 1.17. The van der Waals surface area contributed by atoms with Crippen LogP contribution in [-0.4, -0.2) is 14.7 Å². The van der Waals surface area contributed by atoms with E-state index in [0.717, 1.165) is 0 Å². The quantitative estimate of drug-likeness (QED) is 0.680. The third-order valence-corrected chi connectivity index (χ3v) is 3.74. The van der Waals surface area contributed by atoms with Crippen LogP contribution >= 0.6 is 11.8 Å². The predicted molar refractivity (Wildman–Crippen MR) is 72.9 cm³/mol. The van der Waals surface area contributed by atoms with Crippen molar-refractivity contribution in [2.24, 2.45) is 0 Å². The van der Waals surface area contributed by atoms with Crippen LogP contribution in [0, 0.1) is 24.0 Å². The van der Waals surface area contributed by atoms with E-state index in [4.69, 9.17) is 6.42 Å². The minimum Gasteiger partial charge on any atom is -0.390 e. The second-order valence-corrected chi connectivity index (χ2v) is 4.91. The third kappa shape index (κ3) is 3.00. The Hall–Kier alpha value is -1.84. The molecule has 0 saturated heterocycles. The number of halogens is 2. The number of thioether (sulfide) groups is 1. The van der Waals surface area contributed by atoms with Crippen LogP contribution in [0.4, 0.5) is 8.78 Å². The van der Waals surface area contributed by atoms with Crippen LogP contribution in [0.15, 0.2) is 29.6 Å². The summed E-state index contributed by atoms with van der Waals surface area (Å²) in [7, 11) is 0. The maximum Gasteiger partial charge on any atom is 0.169 e. The van der Waals surface area contributed by atoms with Crippen molar-refractivity contribution in [3.05, 3.63) is 47.3 Å². The molecule has 0 atom stereocenters. The zero-order valence-corrected chi connectivity index (χ0v) is 11.3. The normalized spacial score (nSPS) is 10.5. The smallest absolute Gasteiger partial charge is 0.169 e. The zero-order chi connectivity index (χ0) is 14.5. The number of aromatic nitrogens is 2. The van der Waals surface area contributed by atoms with Crippen LogP contribution in [0.2, 0.25) is 0 Å². The Morgan fingerprint density at radius 2 is 2.05 bits per heavy atom. The highest BCUT2D eigenvalue weighted by molar-refractivity contribution is 7.98. The Morgan fingerprint density at radius 1 is 1.35 bits per heavy atom. The van der Waals surface area contributed by atoms with Gasteiger partial charge in [0.2, 0.25) is 0 Å². The average molecular weight is 294 g/mol. The van der Waals surface area contributed by atoms with Gasteiger partial charge in [-0.15, -0.1) is 6.42 Å². The summed E-state index contributed by atoms with van der Waals surface area (Å²) in [5.74, 6) is 1.38. The molecule has 0 spiro atoms. The maximum atomic E-state index is 13.5. The van der Waals surface area contributed by atoms with E-state index in [1.165, 1.54) is 36.2 Å². The van der Waals surface area contributed by atoms with Crippen LogP contribution in [0.3, 0.4) is 0 Å². The molecule has 3 nitrogen and oxygen atoms in total. The van der Waals surface area contributed by atoms with Crippen LogP contribution < -0.4 is 0 Å². The van der Waals surface area contributed by atoms with Gasteiger partial charge in [0.25, 0.3) is 0 Å². The summed E-state index contributed by atoms with van der Waals surface area (Å²) < 4.78 is 28.7. The van der Waals surface area contributed by atoms with Gasteiger partial charge in [-0.05, 0) is 12.1 Å². The molecule has 0 radical (unpaired) electrons. The summed E-state index contributed by atoms with van der Waals surface area (Å²) in [6, 6.07) is 3.75. The lowest BCUT2D eigenvalue weighted by atomic mass is 10.2. The van der Waals surface area contributed by atoms with E-state index in [1.54, 1.807) is 4.57 Å². The first-order valence-electron chi connectivity index (χ1n) is 5.81. The standard InChI is InChI=1S/C14H12F2N2OS/c1-2-6-18-10(8-19)7-17-14(18)20-9-11-12(15)4-3-5-13(11)16/h1,3-5,7,19H,6,8-9H2. The molecule has 2 rings (SSSR count). The zero-order valence-electron chi connectivity index (χ0n) is 10.5. The fourth-order valence-electron chi connectivity index (χ4n) is 1.70. The monoisotopic (exact) mass is 294 g/mol. The molecular formula is C14H12F2N2OS. The molecule has 0 aliphatic carbocycles. The number of imidazole rings is 1. The van der Waals surface area contributed by atoms with Crippen LogP contribution in [0.25, 0.3) is 0 Å². The fourth-order valence-corrected chi connectivity index (χ4v) is 2.71. The number of hydrogen-bond acceptors (Lipinski definition) is 3. The average Bonchev–Trinajstić information content (AvgIpc) is 2.81. The first-order chi connectivity index (χ1) is 9.67. The van der Waals surface area contributed by atoms with E-state index in [2.05, 4.69) is 10.9 Å². The van der Waals surface area contributed by atoms with Crippen LogP contribution in [0.5, 0.6) is 0 Å². The lowest BCUT2D eigenvalue weighted by Crippen LogP contribution is -2.03. The highest BCUT2D eigenvalue weighted by atomic mass is 32.2. The Kier molecular flexibility index (Phi) is 4.77. The Bertz CT molecular complexity index is 629. The molecule has 0 amide bonds. The lowest BCUT2D eigenvalue weighted by molar-refractivity contribution is 0.270. The van der Waals surface area contributed by atoms with Crippen molar-refractivity contribution in [1.82, 2.24) is 9.55 Å². The van der Waals surface area contributed by atoms with Crippen molar-refractivity contribution in [3.8, 4) is 12.3 Å². The van der Waals surface area contributed by atoms with Gasteiger partial charge < -0.3 is 9.67 Å². The van der Waals surface area contributed by atoms with E-state index in [-0.39, 0.29) is 24.5 Å². The SMILES string of the molecule is C#CCn1c(CO)cnc1SCc1c(F)cccc1F. The van der Waals surface area contributed by atoms with Gasteiger partial charge in [0.1, 0.15) is 11.6 Å². The molecule has 1 aromatic carbocycles. The topological polar surface area (TPSA) is 38.0 Å². The number of rotatable bonds is 5. The maximum absolute atomic E-state index is 13.5. The molecule has 1 N–H and O–H groups in total. The van der Waals surface area contributed by atoms with Gasteiger partial charge in [-0.3, -0.25) is 0 Å². The number of hydrogen-bond donors (Lipinski definition) is 1. The number of aliphatic hydroxyl groups excluding tert-OH is 1. The highest BCUT2D eigenvalue weighted by Crippen LogP contribution is 2.25. The predicted octanol–water partition coefficient (Wildman–Crippen LogP) is 2.58. The van der Waals surface area contributed by atoms with Gasteiger partial charge in [-0.25, -0.2) is 13.8 Å². The molecule has 0 aliphatic heterocycles. The van der Waals surface area contributed by atoms with Gasteiger partial charge >= 0.3 is 0 Å². The van der Waals surface area contributed by atoms with Crippen molar-refractivity contribution in [2.75, 3.05) is 0 Å². The van der Waals surface area contributed by atoms with E-state index >= 15 is 0 Å². The van der Waals surface area contributed by atoms with Crippen LogP contribution in [-0.2, 0) is 18.9 Å². The Balaban J connectivity index is 2.19. The second kappa shape index (κ2) is 6.55. The highest BCUT2D eigenvalue weighted by Gasteiger charge is 2.13. The van der Waals surface area contributed by atoms with E-state index in [9.17, 15) is 13.9 Å². The van der Waals surface area contributed by atoms with Crippen molar-refractivity contribution in [3.63, 3.8) is 0 Å². The summed E-state index contributed by atoms with van der Waals surface area (Å²) in [5.41, 5.74) is 0.567. The molecule has 0 unspecified atom stereocenters. The Labute approximate surface area is 119 Å². The van der Waals surface area contributed by atoms with Gasteiger partial charge in [-0.2, -0.15) is 0 Å². The van der Waals surface area contributed by atoms with Gasteiger partial charge in [0, 0.05) is 11.3 Å². The first kappa shape index (κ1) is 14.6. The summed E-state index contributed by atoms with van der Waals surface area (Å²) in [6.07, 6.45) is 6.76. The van der Waals surface area contributed by atoms with E-state index in [1.807, 2.05) is 0 Å². The van der Waals surface area contributed by atoms with Crippen molar-refractivity contribution >= 4 is 11.8 Å². The molecule has 0 aliphatic rings. The van der Waals surface area contributed by atoms with E-state index in [0.29, 0.717) is 10.9 Å². The number of aliphatic hydroxyl groups is 1. The van der Waals surface area contributed by atoms with Crippen molar-refractivity contribution in [1.29, 1.82) is 0 Å². The van der Waals surface area contributed by atoms with Crippen molar-refractivity contribution < 1.29 is 13.9 Å². The minimum atomic E-state index is -0.588. The summed E-state index contributed by atoms with van der Waals surface area (Å²) in [5, 5.41) is 9.70. The molecule has 0 bridgehead atoms. The summed E-state index contributed by atoms with van der Waals surface area (Å²) in [4.78, 5) is 4.11.